The molecule has 0 rings (SSSR count). The molecule has 4 atom stereocenters. The first-order chi connectivity index (χ1) is 29.8. The van der Waals surface area contributed by atoms with Crippen molar-refractivity contribution in [2.24, 2.45) is 0 Å². The molecule has 0 saturated heterocycles. The van der Waals surface area contributed by atoms with Crippen LogP contribution in [0.25, 0.3) is 0 Å². The van der Waals surface area contributed by atoms with E-state index in [2.05, 4.69) is 98.9 Å². The lowest BCUT2D eigenvalue weighted by molar-refractivity contribution is -0.870. The number of carbonyl (C=O) groups excluding carboxylic acids is 2. The Kier molecular flexibility index (Phi) is 38.5. The molecule has 0 aliphatic heterocycles. The molecule has 0 aromatic rings. The zero-order valence-electron chi connectivity index (χ0n) is 39.0. The number of nitrogens with zero attached hydrogens (tertiary/aromatic N) is 1. The average molecular weight is 891 g/mol. The second kappa shape index (κ2) is 40.6. The van der Waals surface area contributed by atoms with Crippen molar-refractivity contribution in [3.05, 3.63) is 97.2 Å². The van der Waals surface area contributed by atoms with E-state index in [4.69, 9.17) is 18.5 Å². The number of hydrogen-bond acceptors (Lipinski definition) is 9. The summed E-state index contributed by atoms with van der Waals surface area (Å²) in [6, 6.07) is 0. The molecule has 0 spiro atoms. The van der Waals surface area contributed by atoms with Crippen LogP contribution in [0.1, 0.15) is 142 Å². The minimum Gasteiger partial charge on any atom is -0.462 e. The van der Waals surface area contributed by atoms with Gasteiger partial charge in [0.05, 0.1) is 40.0 Å². The standard InChI is InChI=1S/C50H84NO10P/c1-6-8-10-12-14-16-18-20-21-22-23-24-25-26-28-30-32-34-36-40-50(55)61-46(45-60-62(56,57)59-43-42-51(3,4)5)44-58-49(54)41-37-39-48(53)47(52)38-35-33-31-29-27-19-17-15-13-11-9-7-2/h9,11,14-17,20-21,23-24,26-29,33,35,46-48,52-53H,6-8,10,12-13,18-19,22,25,30-32,34,36-45H2,1-5H3/p+1/b11-9-,16-14-,17-15-,21-20-,24-23-,28-26-,29-27-,35-33-/t46-,47+,48+/m1/s1. The fourth-order valence-corrected chi connectivity index (χ4v) is 6.29. The molecule has 12 heteroatoms. The number of ether oxygens (including phenoxy) is 2. The van der Waals surface area contributed by atoms with E-state index in [9.17, 15) is 29.3 Å². The quantitative estimate of drug-likeness (QED) is 0.0178. The van der Waals surface area contributed by atoms with Gasteiger partial charge in [-0.15, -0.1) is 0 Å². The third kappa shape index (κ3) is 42.2. The smallest absolute Gasteiger partial charge is 0.462 e. The number of rotatable bonds is 40. The maximum Gasteiger partial charge on any atom is 0.472 e. The van der Waals surface area contributed by atoms with E-state index in [0.717, 1.165) is 64.2 Å². The Labute approximate surface area is 376 Å². The third-order valence-corrected chi connectivity index (χ3v) is 10.3. The van der Waals surface area contributed by atoms with Gasteiger partial charge in [-0.3, -0.25) is 18.6 Å². The van der Waals surface area contributed by atoms with Crippen LogP contribution >= 0.6 is 7.82 Å². The number of esters is 2. The maximum atomic E-state index is 12.7. The first-order valence-electron chi connectivity index (χ1n) is 23.1. The van der Waals surface area contributed by atoms with Gasteiger partial charge in [-0.1, -0.05) is 130 Å². The highest BCUT2D eigenvalue weighted by Gasteiger charge is 2.27. The van der Waals surface area contributed by atoms with Crippen LogP contribution in [0, 0.1) is 0 Å². The Hall–Kier alpha value is -3.15. The number of carbonyl (C=O) groups is 2. The van der Waals surface area contributed by atoms with Gasteiger partial charge in [0.15, 0.2) is 6.10 Å². The summed E-state index contributed by atoms with van der Waals surface area (Å²) < 4.78 is 34.1. The molecule has 354 valence electrons. The van der Waals surface area contributed by atoms with E-state index >= 15 is 0 Å². The molecule has 3 N–H and O–H groups in total. The van der Waals surface area contributed by atoms with Crippen molar-refractivity contribution < 1.29 is 52.3 Å². The van der Waals surface area contributed by atoms with Crippen LogP contribution in [0.2, 0.25) is 0 Å². The zero-order valence-corrected chi connectivity index (χ0v) is 39.9. The first kappa shape index (κ1) is 58.9. The van der Waals surface area contributed by atoms with E-state index in [1.54, 1.807) is 0 Å². The fourth-order valence-electron chi connectivity index (χ4n) is 5.55. The van der Waals surface area contributed by atoms with Crippen molar-refractivity contribution in [3.63, 3.8) is 0 Å². The SMILES string of the molecule is CC/C=C\C/C=C\C/C=C\C/C=C\C[C@H](O)[C@@H](O)CCCC(=O)OC[C@H](COP(=O)(O)OCC[N+](C)(C)C)OC(=O)CCCCC/C=C\C/C=C\C/C=C\C/C=C\CCCCC. The maximum absolute atomic E-state index is 12.7. The molecule has 0 aromatic carbocycles. The van der Waals surface area contributed by atoms with Gasteiger partial charge in [-0.25, -0.2) is 4.57 Å². The zero-order chi connectivity index (χ0) is 46.0. The number of aliphatic hydroxyl groups is 2. The first-order valence-corrected chi connectivity index (χ1v) is 24.6. The number of phosphoric acid groups is 1. The summed E-state index contributed by atoms with van der Waals surface area (Å²) in [6.07, 6.45) is 46.3. The highest BCUT2D eigenvalue weighted by Crippen LogP contribution is 2.43. The normalized spacial score (nSPS) is 15.4. The van der Waals surface area contributed by atoms with Gasteiger partial charge in [-0.05, 0) is 96.3 Å². The van der Waals surface area contributed by atoms with Crippen LogP contribution in [-0.2, 0) is 32.7 Å². The second-order valence-corrected chi connectivity index (χ2v) is 17.8. The number of phosphoric ester groups is 1. The molecule has 0 radical (unpaired) electrons. The summed E-state index contributed by atoms with van der Waals surface area (Å²) in [5, 5.41) is 20.7. The summed E-state index contributed by atoms with van der Waals surface area (Å²) >= 11 is 0. The van der Waals surface area contributed by atoms with Crippen molar-refractivity contribution >= 4 is 19.8 Å². The lowest BCUT2D eigenvalue weighted by Gasteiger charge is -2.24. The molecule has 11 nitrogen and oxygen atoms in total. The predicted molar refractivity (Wildman–Crippen MR) is 254 cm³/mol. The molecule has 0 heterocycles. The third-order valence-electron chi connectivity index (χ3n) is 9.30. The second-order valence-electron chi connectivity index (χ2n) is 16.4. The minimum atomic E-state index is -4.46. The van der Waals surface area contributed by atoms with Gasteiger partial charge in [0.25, 0.3) is 0 Å². The number of aliphatic hydroxyl groups excluding tert-OH is 2. The number of unbranched alkanes of at least 4 members (excludes halogenated alkanes) is 6. The van der Waals surface area contributed by atoms with Gasteiger partial charge in [0.2, 0.25) is 0 Å². The van der Waals surface area contributed by atoms with E-state index in [1.807, 2.05) is 33.3 Å². The molecule has 0 aliphatic carbocycles. The summed E-state index contributed by atoms with van der Waals surface area (Å²) in [4.78, 5) is 35.5. The Morgan fingerprint density at radius 3 is 1.61 bits per heavy atom. The molecule has 0 saturated carbocycles. The Bertz CT molecular complexity index is 1410. The van der Waals surface area contributed by atoms with E-state index < -0.39 is 44.7 Å². The van der Waals surface area contributed by atoms with E-state index in [0.29, 0.717) is 17.4 Å². The molecule has 0 bridgehead atoms. The van der Waals surface area contributed by atoms with E-state index in [1.165, 1.54) is 25.7 Å². The lowest BCUT2D eigenvalue weighted by atomic mass is 10.0. The van der Waals surface area contributed by atoms with Crippen LogP contribution in [0.5, 0.6) is 0 Å². The summed E-state index contributed by atoms with van der Waals surface area (Å²) in [5.41, 5.74) is 0. The van der Waals surface area contributed by atoms with Gasteiger partial charge in [-0.2, -0.15) is 0 Å². The lowest BCUT2D eigenvalue weighted by Crippen LogP contribution is -2.37. The Morgan fingerprint density at radius 1 is 0.581 bits per heavy atom. The van der Waals surface area contributed by atoms with Crippen LogP contribution < -0.4 is 0 Å². The average Bonchev–Trinajstić information content (AvgIpc) is 3.22. The van der Waals surface area contributed by atoms with Crippen molar-refractivity contribution in [1.29, 1.82) is 0 Å². The Balaban J connectivity index is 4.65. The number of allylic oxidation sites excluding steroid dienone is 15. The van der Waals surface area contributed by atoms with Gasteiger partial charge in [0, 0.05) is 12.8 Å². The highest BCUT2D eigenvalue weighted by atomic mass is 31.2. The molecule has 0 amide bonds. The molecule has 0 aromatic heterocycles. The Morgan fingerprint density at radius 2 is 1.08 bits per heavy atom. The molecule has 1 unspecified atom stereocenters. The highest BCUT2D eigenvalue weighted by molar-refractivity contribution is 7.47. The molecular weight excluding hydrogens is 806 g/mol. The summed E-state index contributed by atoms with van der Waals surface area (Å²) in [5.74, 6) is -1.13. The van der Waals surface area contributed by atoms with Crippen molar-refractivity contribution in [3.8, 4) is 0 Å². The molecule has 0 aliphatic rings. The number of hydrogen-bond donors (Lipinski definition) is 3. The van der Waals surface area contributed by atoms with Crippen molar-refractivity contribution in [1.82, 2.24) is 0 Å². The van der Waals surface area contributed by atoms with Crippen LogP contribution in [0.3, 0.4) is 0 Å². The van der Waals surface area contributed by atoms with Crippen molar-refractivity contribution in [2.75, 3.05) is 47.5 Å². The minimum absolute atomic E-state index is 0.0260. The van der Waals surface area contributed by atoms with Crippen molar-refractivity contribution in [2.45, 2.75) is 161 Å². The number of likely N-dealkylation sites (N-methyl/N-ethyl adjacent to an activating group) is 1. The number of quaternary nitrogens is 1. The fraction of sp³-hybridized carbons (Fsp3) is 0.640. The topological polar surface area (TPSA) is 149 Å². The summed E-state index contributed by atoms with van der Waals surface area (Å²) in [6.45, 7) is 3.88. The largest absolute Gasteiger partial charge is 0.472 e. The van der Waals surface area contributed by atoms with Crippen LogP contribution in [0.15, 0.2) is 97.2 Å². The van der Waals surface area contributed by atoms with Crippen LogP contribution in [0.4, 0.5) is 0 Å². The molecule has 62 heavy (non-hydrogen) atoms. The van der Waals surface area contributed by atoms with Gasteiger partial charge < -0.3 is 29.1 Å². The molecule has 0 fully saturated rings. The summed E-state index contributed by atoms with van der Waals surface area (Å²) in [7, 11) is 1.28. The van der Waals surface area contributed by atoms with E-state index in [-0.39, 0.29) is 45.3 Å². The monoisotopic (exact) mass is 891 g/mol. The molecular formula is C50H85NO10P+. The van der Waals surface area contributed by atoms with Gasteiger partial charge >= 0.3 is 19.8 Å². The van der Waals surface area contributed by atoms with Gasteiger partial charge in [0.1, 0.15) is 19.8 Å². The predicted octanol–water partition coefficient (Wildman–Crippen LogP) is 11.3. The van der Waals surface area contributed by atoms with Crippen LogP contribution in [-0.4, -0.2) is 97.3 Å².